The van der Waals surface area contributed by atoms with Crippen LogP contribution in [0.4, 0.5) is 4.79 Å². The fourth-order valence-corrected chi connectivity index (χ4v) is 8.31. The predicted octanol–water partition coefficient (Wildman–Crippen LogP) is 6.59. The Labute approximate surface area is 213 Å². The van der Waals surface area contributed by atoms with Gasteiger partial charge in [-0.3, -0.25) is 4.90 Å². The van der Waals surface area contributed by atoms with Crippen molar-refractivity contribution in [2.75, 3.05) is 24.7 Å². The van der Waals surface area contributed by atoms with Gasteiger partial charge < -0.3 is 14.6 Å². The Balaban J connectivity index is 3.31. The van der Waals surface area contributed by atoms with E-state index in [1.807, 2.05) is 37.3 Å². The van der Waals surface area contributed by atoms with Gasteiger partial charge in [-0.1, -0.05) is 68.8 Å². The summed E-state index contributed by atoms with van der Waals surface area (Å²) >= 11 is 8.66. The van der Waals surface area contributed by atoms with Crippen LogP contribution in [0.5, 0.6) is 0 Å². The summed E-state index contributed by atoms with van der Waals surface area (Å²) in [6.07, 6.45) is 3.42. The monoisotopic (exact) mass is 533 g/mol. The fraction of sp³-hybridized carbons (Fsp3) is 0.652. The Morgan fingerprint density at radius 1 is 1.12 bits per heavy atom. The molecule has 0 aromatic heterocycles. The Bertz CT molecular complexity index is 701. The second-order valence-corrected chi connectivity index (χ2v) is 12.1. The molecular formula is C23H36NO5PS3. The summed E-state index contributed by atoms with van der Waals surface area (Å²) in [5, 5.41) is 10.1. The lowest BCUT2D eigenvalue weighted by molar-refractivity contribution is -0.143. The Kier molecular flexibility index (Phi) is 16.1. The van der Waals surface area contributed by atoms with Gasteiger partial charge in [0.15, 0.2) is 3.94 Å². The summed E-state index contributed by atoms with van der Waals surface area (Å²) < 4.78 is 10.2. The van der Waals surface area contributed by atoms with Crippen molar-refractivity contribution < 1.29 is 24.2 Å². The minimum atomic E-state index is -1.10. The van der Waals surface area contributed by atoms with Crippen LogP contribution in [0.3, 0.4) is 0 Å². The highest BCUT2D eigenvalue weighted by atomic mass is 32.4. The van der Waals surface area contributed by atoms with E-state index in [0.29, 0.717) is 14.0 Å². The molecule has 33 heavy (non-hydrogen) atoms. The first-order valence-electron chi connectivity index (χ1n) is 11.4. The normalized spacial score (nSPS) is 12.5. The zero-order valence-electron chi connectivity index (χ0n) is 19.7. The van der Waals surface area contributed by atoms with E-state index in [-0.39, 0.29) is 19.6 Å². The first-order valence-corrected chi connectivity index (χ1v) is 15.3. The Hall–Kier alpha value is -0.860. The van der Waals surface area contributed by atoms with Crippen LogP contribution in [0, 0.1) is 0 Å². The van der Waals surface area contributed by atoms with E-state index < -0.39 is 22.0 Å². The van der Waals surface area contributed by atoms with Gasteiger partial charge in [0.25, 0.3) is 0 Å². The average Bonchev–Trinajstić information content (AvgIpc) is 2.82. The minimum Gasteiger partial charge on any atom is -0.480 e. The summed E-state index contributed by atoms with van der Waals surface area (Å²) in [6.45, 7) is 6.84. The van der Waals surface area contributed by atoms with Crippen molar-refractivity contribution in [3.8, 4) is 0 Å². The molecule has 0 aliphatic carbocycles. The summed E-state index contributed by atoms with van der Waals surface area (Å²) in [7, 11) is 0.499. The number of carbonyl (C=O) groups is 2. The molecule has 1 N–H and O–H groups in total. The largest absolute Gasteiger partial charge is 0.480 e. The first kappa shape index (κ1) is 30.2. The summed E-state index contributed by atoms with van der Waals surface area (Å²) in [5.74, 6) is 0.473. The van der Waals surface area contributed by atoms with Gasteiger partial charge in [-0.25, -0.2) is 9.59 Å². The number of unbranched alkanes of at least 4 members (excludes halogenated alkanes) is 2. The number of amides is 1. The molecule has 10 heteroatoms. The van der Waals surface area contributed by atoms with Gasteiger partial charge in [0.05, 0.1) is 0 Å². The number of aliphatic carboxylic acids is 1. The third kappa shape index (κ3) is 10.5. The smallest absolute Gasteiger partial charge is 0.413 e. The third-order valence-corrected chi connectivity index (χ3v) is 10.8. The maximum absolute atomic E-state index is 13.5. The van der Waals surface area contributed by atoms with Crippen molar-refractivity contribution in [3.05, 3.63) is 35.9 Å². The van der Waals surface area contributed by atoms with Crippen molar-refractivity contribution in [2.45, 2.75) is 69.5 Å². The van der Waals surface area contributed by atoms with Gasteiger partial charge in [0.2, 0.25) is 0 Å². The highest BCUT2D eigenvalue weighted by Crippen LogP contribution is 2.51. The number of carboxylic acid groups (broad SMARTS) is 1. The molecule has 0 aliphatic heterocycles. The minimum absolute atomic E-state index is 0.0671. The molecule has 0 bridgehead atoms. The molecule has 6 nitrogen and oxygen atoms in total. The molecule has 0 saturated carbocycles. The number of hydrogen-bond acceptors (Lipinski definition) is 7. The molecule has 1 aromatic carbocycles. The number of carbonyl (C=O) groups excluding carboxylic acids is 1. The quantitative estimate of drug-likeness (QED) is 0.129. The Morgan fingerprint density at radius 2 is 1.73 bits per heavy atom. The van der Waals surface area contributed by atoms with Crippen LogP contribution in [0.1, 0.15) is 58.4 Å². The number of benzene rings is 1. The summed E-state index contributed by atoms with van der Waals surface area (Å²) in [6, 6.07) is 8.27. The first-order chi connectivity index (χ1) is 16.0. The summed E-state index contributed by atoms with van der Waals surface area (Å²) in [4.78, 5) is 27.2. The molecule has 186 valence electrons. The fourth-order valence-electron chi connectivity index (χ4n) is 2.91. The highest BCUT2D eigenvalue weighted by molar-refractivity contribution is 8.27. The van der Waals surface area contributed by atoms with Gasteiger partial charge >= 0.3 is 12.1 Å². The molecule has 1 rings (SSSR count). The van der Waals surface area contributed by atoms with Crippen molar-refractivity contribution in [2.24, 2.45) is 0 Å². The van der Waals surface area contributed by atoms with Crippen LogP contribution < -0.4 is 0 Å². The van der Waals surface area contributed by atoms with Crippen LogP contribution in [0.15, 0.2) is 30.3 Å². The molecule has 1 atom stereocenters. The maximum Gasteiger partial charge on any atom is 0.413 e. The number of hydrogen-bond donors (Lipinski definition) is 1. The second kappa shape index (κ2) is 17.6. The van der Waals surface area contributed by atoms with E-state index in [2.05, 4.69) is 13.8 Å². The molecule has 0 saturated heterocycles. The number of ether oxygens (including phenoxy) is 2. The lowest BCUT2D eigenvalue weighted by Crippen LogP contribution is -2.54. The van der Waals surface area contributed by atoms with Crippen LogP contribution >= 0.6 is 30.9 Å². The number of carboxylic acids is 1. The van der Waals surface area contributed by atoms with E-state index in [1.54, 1.807) is 23.5 Å². The van der Waals surface area contributed by atoms with Crippen molar-refractivity contribution in [1.82, 2.24) is 4.90 Å². The molecule has 0 spiro atoms. The van der Waals surface area contributed by atoms with Gasteiger partial charge in [-0.2, -0.15) is 0 Å². The third-order valence-electron chi connectivity index (χ3n) is 4.73. The molecule has 1 unspecified atom stereocenters. The van der Waals surface area contributed by atoms with Gasteiger partial charge in [-0.05, 0) is 36.8 Å². The van der Waals surface area contributed by atoms with Crippen LogP contribution in [-0.4, -0.2) is 56.8 Å². The van der Waals surface area contributed by atoms with E-state index in [1.165, 1.54) is 4.90 Å². The molecule has 0 heterocycles. The van der Waals surface area contributed by atoms with Crippen molar-refractivity contribution >= 4 is 54.7 Å². The molecule has 0 fully saturated rings. The van der Waals surface area contributed by atoms with Gasteiger partial charge in [0, 0.05) is 27.0 Å². The standard InChI is InChI=1S/C23H36NO5PS3/c1-4-7-16-32-23(30-31,33-17-8-5-2)24(20(21(25)26)14-15-28-6-3)22(27)29-18-19-12-10-9-11-13-19/h9-13,20H,4-8,14-18H2,1-3H3,(H,25,26). The van der Waals surface area contributed by atoms with Gasteiger partial charge in [0.1, 0.15) is 12.6 Å². The number of rotatable bonds is 18. The lowest BCUT2D eigenvalue weighted by Gasteiger charge is -2.41. The molecule has 1 aromatic rings. The predicted molar refractivity (Wildman–Crippen MR) is 143 cm³/mol. The summed E-state index contributed by atoms with van der Waals surface area (Å²) in [5.41, 5.74) is 0.839. The van der Waals surface area contributed by atoms with E-state index >= 15 is 0 Å². The van der Waals surface area contributed by atoms with E-state index in [9.17, 15) is 14.7 Å². The highest BCUT2D eigenvalue weighted by Gasteiger charge is 2.47. The molecule has 0 radical (unpaired) electrons. The van der Waals surface area contributed by atoms with Crippen molar-refractivity contribution in [1.29, 1.82) is 0 Å². The van der Waals surface area contributed by atoms with E-state index in [4.69, 9.17) is 21.3 Å². The maximum atomic E-state index is 13.5. The zero-order valence-corrected chi connectivity index (χ0v) is 23.1. The lowest BCUT2D eigenvalue weighted by atomic mass is 10.2. The Morgan fingerprint density at radius 3 is 2.21 bits per heavy atom. The van der Waals surface area contributed by atoms with Crippen LogP contribution in [-0.2, 0) is 32.7 Å². The SMILES string of the molecule is CCCCSC(P=S)(SCCCC)N(C(=O)OCc1ccccc1)C(CCOCC)C(=O)O. The van der Waals surface area contributed by atoms with Crippen LogP contribution in [0.2, 0.25) is 0 Å². The average molecular weight is 534 g/mol. The number of nitrogens with zero attached hydrogens (tertiary/aromatic N) is 1. The van der Waals surface area contributed by atoms with Gasteiger partial charge in [-0.15, -0.1) is 23.5 Å². The molecule has 0 aliphatic rings. The van der Waals surface area contributed by atoms with Crippen LogP contribution in [0.25, 0.3) is 0 Å². The molecular weight excluding hydrogens is 497 g/mol. The van der Waals surface area contributed by atoms with E-state index in [0.717, 1.165) is 42.8 Å². The topological polar surface area (TPSA) is 76.1 Å². The molecule has 1 amide bonds. The van der Waals surface area contributed by atoms with Crippen molar-refractivity contribution in [3.63, 3.8) is 0 Å². The second-order valence-electron chi connectivity index (χ2n) is 7.29. The number of thioether (sulfide) groups is 2. The zero-order chi connectivity index (χ0) is 24.5.